The Morgan fingerprint density at radius 1 is 1.39 bits per heavy atom. The van der Waals surface area contributed by atoms with Gasteiger partial charge in [-0.05, 0) is 11.6 Å². The summed E-state index contributed by atoms with van der Waals surface area (Å²) in [6, 6.07) is 6.42. The first kappa shape index (κ1) is 17.7. The van der Waals surface area contributed by atoms with Gasteiger partial charge in [0.25, 0.3) is 0 Å². The van der Waals surface area contributed by atoms with E-state index in [2.05, 4.69) is 0 Å². The molecular weight excluding hydrogens is 333 g/mol. The Morgan fingerprint density at radius 2 is 2.04 bits per heavy atom. The van der Waals surface area contributed by atoms with Gasteiger partial charge in [-0.15, -0.1) is 0 Å². The molecule has 0 radical (unpaired) electrons. The van der Waals surface area contributed by atoms with Gasteiger partial charge in [0.15, 0.2) is 0 Å². The van der Waals surface area contributed by atoms with Crippen molar-refractivity contribution in [3.8, 4) is 6.07 Å². The van der Waals surface area contributed by atoms with Crippen LogP contribution in [0.4, 0.5) is 13.2 Å². The number of halogens is 3. The molecule has 0 amide bonds. The van der Waals surface area contributed by atoms with Crippen LogP contribution in [0.1, 0.15) is 17.5 Å². The van der Waals surface area contributed by atoms with E-state index in [1.165, 1.54) is 19.2 Å². The molecule has 1 aliphatic heterocycles. The van der Waals surface area contributed by atoms with E-state index >= 15 is 0 Å². The average molecular weight is 348 g/mol. The molecule has 1 aliphatic rings. The third-order valence-electron chi connectivity index (χ3n) is 3.89. The molecule has 0 bridgehead atoms. The van der Waals surface area contributed by atoms with E-state index in [4.69, 9.17) is 4.74 Å². The Bertz CT molecular complexity index is 720. The summed E-state index contributed by atoms with van der Waals surface area (Å²) in [6.07, 6.45) is -4.46. The maximum atomic E-state index is 13.0. The van der Waals surface area contributed by atoms with E-state index in [1.54, 1.807) is 0 Å². The first-order valence-electron chi connectivity index (χ1n) is 6.73. The van der Waals surface area contributed by atoms with E-state index in [-0.39, 0.29) is 25.2 Å². The van der Waals surface area contributed by atoms with E-state index in [1.807, 2.05) is 6.07 Å². The summed E-state index contributed by atoms with van der Waals surface area (Å²) >= 11 is 0. The average Bonchev–Trinajstić information content (AvgIpc) is 2.95. The largest absolute Gasteiger partial charge is 0.416 e. The van der Waals surface area contributed by atoms with Crippen LogP contribution in [0.25, 0.3) is 0 Å². The second-order valence-corrected chi connectivity index (χ2v) is 7.32. The number of alkyl halides is 3. The van der Waals surface area contributed by atoms with Gasteiger partial charge >= 0.3 is 6.18 Å². The fraction of sp³-hybridized carbons (Fsp3) is 0.500. The zero-order valence-electron chi connectivity index (χ0n) is 12.3. The van der Waals surface area contributed by atoms with E-state index < -0.39 is 33.1 Å². The minimum Gasteiger partial charge on any atom is -0.378 e. The molecule has 0 spiro atoms. The molecule has 5 nitrogen and oxygen atoms in total. The van der Waals surface area contributed by atoms with Gasteiger partial charge in [0.05, 0.1) is 24.0 Å². The third kappa shape index (κ3) is 3.49. The summed E-state index contributed by atoms with van der Waals surface area (Å²) in [6.45, 7) is 0.132. The Hall–Kier alpha value is -1.63. The molecule has 9 heteroatoms. The number of benzene rings is 1. The Balaban J connectivity index is 2.35. The monoisotopic (exact) mass is 348 g/mol. The van der Waals surface area contributed by atoms with Crippen molar-refractivity contribution in [2.75, 3.05) is 20.3 Å². The summed E-state index contributed by atoms with van der Waals surface area (Å²) < 4.78 is 69.8. The van der Waals surface area contributed by atoms with Crippen LogP contribution in [0.3, 0.4) is 0 Å². The summed E-state index contributed by atoms with van der Waals surface area (Å²) in [7, 11) is -2.92. The van der Waals surface area contributed by atoms with E-state index in [9.17, 15) is 26.9 Å². The van der Waals surface area contributed by atoms with Crippen LogP contribution in [-0.4, -0.2) is 38.5 Å². The lowest BCUT2D eigenvalue weighted by atomic mass is 10.0. The molecular formula is C14H15F3N2O3S. The van der Waals surface area contributed by atoms with Crippen molar-refractivity contribution in [3.63, 3.8) is 0 Å². The van der Waals surface area contributed by atoms with Crippen LogP contribution >= 0.6 is 0 Å². The molecule has 1 aromatic carbocycles. The predicted molar refractivity (Wildman–Crippen MR) is 75.6 cm³/mol. The van der Waals surface area contributed by atoms with Gasteiger partial charge in [-0.25, -0.2) is 8.42 Å². The highest BCUT2D eigenvalue weighted by Gasteiger charge is 2.45. The van der Waals surface area contributed by atoms with Crippen molar-refractivity contribution in [1.29, 1.82) is 5.26 Å². The Labute approximate surface area is 132 Å². The number of hydrogen-bond acceptors (Lipinski definition) is 4. The van der Waals surface area contributed by atoms with Gasteiger partial charge in [-0.3, -0.25) is 0 Å². The van der Waals surface area contributed by atoms with Crippen LogP contribution in [0.2, 0.25) is 0 Å². The first-order valence-corrected chi connectivity index (χ1v) is 8.34. The lowest BCUT2D eigenvalue weighted by Gasteiger charge is -2.30. The van der Waals surface area contributed by atoms with Crippen LogP contribution < -0.4 is 0 Å². The number of hydrogen-bond donors (Lipinski definition) is 0. The van der Waals surface area contributed by atoms with E-state index in [0.29, 0.717) is 0 Å². The molecule has 23 heavy (non-hydrogen) atoms. The molecule has 1 heterocycles. The Kier molecular flexibility index (Phi) is 4.71. The highest BCUT2D eigenvalue weighted by atomic mass is 32.2. The van der Waals surface area contributed by atoms with Gasteiger partial charge < -0.3 is 4.74 Å². The lowest BCUT2D eigenvalue weighted by Crippen LogP contribution is -2.49. The molecule has 0 N–H and O–H groups in total. The topological polar surface area (TPSA) is 70.4 Å². The van der Waals surface area contributed by atoms with Gasteiger partial charge in [-0.1, -0.05) is 18.2 Å². The van der Waals surface area contributed by atoms with Gasteiger partial charge in [0.1, 0.15) is 5.54 Å². The highest BCUT2D eigenvalue weighted by molar-refractivity contribution is 7.88. The predicted octanol–water partition coefficient (Wildman–Crippen LogP) is 2.15. The summed E-state index contributed by atoms with van der Waals surface area (Å²) in [5.41, 5.74) is -2.71. The number of sulfonamides is 1. The number of likely N-dealkylation sites (N-methyl/N-ethyl adjacent to an activating group) is 1. The van der Waals surface area contributed by atoms with Crippen LogP contribution in [0.5, 0.6) is 0 Å². The van der Waals surface area contributed by atoms with Crippen molar-refractivity contribution in [3.05, 3.63) is 35.4 Å². The summed E-state index contributed by atoms with van der Waals surface area (Å²) in [5.74, 6) is -0.831. The molecule has 0 unspecified atom stereocenters. The molecule has 1 fully saturated rings. The van der Waals surface area contributed by atoms with E-state index in [0.717, 1.165) is 16.4 Å². The van der Waals surface area contributed by atoms with Gasteiger partial charge in [-0.2, -0.15) is 22.7 Å². The smallest absolute Gasteiger partial charge is 0.378 e. The summed E-state index contributed by atoms with van der Waals surface area (Å²) in [4.78, 5) is 0. The molecule has 0 saturated carbocycles. The molecule has 2 rings (SSSR count). The normalized spacial score (nSPS) is 22.3. The quantitative estimate of drug-likeness (QED) is 0.836. The van der Waals surface area contributed by atoms with Crippen LogP contribution in [0, 0.1) is 11.3 Å². The van der Waals surface area contributed by atoms with Crippen LogP contribution in [0.15, 0.2) is 24.3 Å². The molecule has 126 valence electrons. The standard InChI is InChI=1S/C14H15F3N2O3S/c1-19(13(9-18)6-7-22-10-13)23(20,21)8-11-4-2-3-5-12(11)14(15,16)17/h2-5H,6-8,10H2,1H3/t13-/m1/s1. The Morgan fingerprint density at radius 3 is 2.57 bits per heavy atom. The first-order chi connectivity index (χ1) is 10.6. The second kappa shape index (κ2) is 6.11. The van der Waals surface area contributed by atoms with Crippen LogP contribution in [-0.2, 0) is 26.7 Å². The van der Waals surface area contributed by atoms with Gasteiger partial charge in [0, 0.05) is 20.1 Å². The maximum absolute atomic E-state index is 13.0. The van der Waals surface area contributed by atoms with Crippen molar-refractivity contribution in [1.82, 2.24) is 4.31 Å². The number of rotatable bonds is 4. The van der Waals surface area contributed by atoms with Crippen molar-refractivity contribution in [2.24, 2.45) is 0 Å². The fourth-order valence-electron chi connectivity index (χ4n) is 2.44. The molecule has 1 atom stereocenters. The molecule has 1 saturated heterocycles. The number of ether oxygens (including phenoxy) is 1. The van der Waals surface area contributed by atoms with Crippen molar-refractivity contribution < 1.29 is 26.3 Å². The maximum Gasteiger partial charge on any atom is 0.416 e. The van der Waals surface area contributed by atoms with Crippen molar-refractivity contribution in [2.45, 2.75) is 23.9 Å². The van der Waals surface area contributed by atoms with Gasteiger partial charge in [0.2, 0.25) is 10.0 Å². The number of nitriles is 1. The zero-order valence-corrected chi connectivity index (χ0v) is 13.1. The lowest BCUT2D eigenvalue weighted by molar-refractivity contribution is -0.138. The summed E-state index contributed by atoms with van der Waals surface area (Å²) in [5, 5.41) is 9.28. The highest BCUT2D eigenvalue weighted by Crippen LogP contribution is 2.34. The number of nitrogens with zero attached hydrogens (tertiary/aromatic N) is 2. The minimum absolute atomic E-state index is 0.0971. The molecule has 1 aromatic rings. The second-order valence-electron chi connectivity index (χ2n) is 5.32. The van der Waals surface area contributed by atoms with Crippen molar-refractivity contribution >= 4 is 10.0 Å². The minimum atomic E-state index is -4.64. The third-order valence-corrected chi connectivity index (χ3v) is 5.75. The molecule has 0 aromatic heterocycles. The molecule has 0 aliphatic carbocycles. The zero-order chi connectivity index (χ0) is 17.3. The SMILES string of the molecule is CN([C@@]1(C#N)CCOC1)S(=O)(=O)Cc1ccccc1C(F)(F)F. The fourth-order valence-corrected chi connectivity index (χ4v) is 4.00.